The number of esters is 1. The summed E-state index contributed by atoms with van der Waals surface area (Å²) in [6, 6.07) is 2.24. The summed E-state index contributed by atoms with van der Waals surface area (Å²) in [5.74, 6) is 0.276. The summed E-state index contributed by atoms with van der Waals surface area (Å²) in [5, 5.41) is 9.31. The first-order valence-electron chi connectivity index (χ1n) is 9.35. The Kier molecular flexibility index (Phi) is 6.55. The molecule has 27 heavy (non-hydrogen) atoms. The van der Waals surface area contributed by atoms with E-state index in [9.17, 15) is 14.9 Å². The van der Waals surface area contributed by atoms with Crippen LogP contribution >= 0.6 is 34.7 Å². The van der Waals surface area contributed by atoms with Crippen molar-refractivity contribution in [2.24, 2.45) is 11.3 Å². The molecule has 0 aliphatic heterocycles. The van der Waals surface area contributed by atoms with Gasteiger partial charge in [0, 0.05) is 23.1 Å². The molecule has 1 heterocycles. The van der Waals surface area contributed by atoms with Crippen LogP contribution in [0.4, 0.5) is 0 Å². The standard InChI is InChI=1S/C20H24ClNO3S2/c1-20(2)9-13-16(11-22)27-19(17(13)15(23)10-20)26-8-7-25-18(24)12-5-3-4-6-14(12)21/h12,14H,3-10H2,1-2H3. The normalized spacial score (nSPS) is 24.1. The number of ether oxygens (including phenoxy) is 1. The van der Waals surface area contributed by atoms with Crippen LogP contribution in [-0.2, 0) is 16.0 Å². The van der Waals surface area contributed by atoms with Gasteiger partial charge in [-0.25, -0.2) is 0 Å². The zero-order valence-electron chi connectivity index (χ0n) is 15.7. The van der Waals surface area contributed by atoms with E-state index in [-0.39, 0.29) is 35.1 Å². The fraction of sp³-hybridized carbons (Fsp3) is 0.650. The van der Waals surface area contributed by atoms with Crippen LogP contribution in [0.1, 0.15) is 66.8 Å². The van der Waals surface area contributed by atoms with Gasteiger partial charge in [-0.05, 0) is 30.2 Å². The predicted molar refractivity (Wildman–Crippen MR) is 109 cm³/mol. The van der Waals surface area contributed by atoms with E-state index in [1.165, 1.54) is 23.1 Å². The summed E-state index contributed by atoms with van der Waals surface area (Å²) in [5.41, 5.74) is 1.52. The van der Waals surface area contributed by atoms with Gasteiger partial charge in [0.15, 0.2) is 5.78 Å². The number of Topliss-reactive ketones (excluding diaryl/α,β-unsaturated/α-hetero) is 1. The second kappa shape index (κ2) is 8.55. The van der Waals surface area contributed by atoms with E-state index >= 15 is 0 Å². The quantitative estimate of drug-likeness (QED) is 0.280. The lowest BCUT2D eigenvalue weighted by Gasteiger charge is -2.29. The monoisotopic (exact) mass is 425 g/mol. The Balaban J connectivity index is 1.59. The molecule has 7 heteroatoms. The SMILES string of the molecule is CC1(C)CC(=O)c2c(SCCOC(=O)C3CCCCC3Cl)sc(C#N)c2C1. The Hall–Kier alpha value is -1.03. The summed E-state index contributed by atoms with van der Waals surface area (Å²) in [4.78, 5) is 25.5. The fourth-order valence-electron chi connectivity index (χ4n) is 3.88. The number of thiophene rings is 1. The minimum atomic E-state index is -0.209. The van der Waals surface area contributed by atoms with E-state index in [0.29, 0.717) is 17.1 Å². The maximum atomic E-state index is 12.6. The van der Waals surface area contributed by atoms with Crippen molar-refractivity contribution in [3.05, 3.63) is 16.0 Å². The molecule has 2 unspecified atom stereocenters. The third-order valence-corrected chi connectivity index (χ3v) is 8.09. The van der Waals surface area contributed by atoms with Crippen LogP contribution in [0, 0.1) is 22.7 Å². The molecule has 0 saturated heterocycles. The van der Waals surface area contributed by atoms with Crippen molar-refractivity contribution in [3.63, 3.8) is 0 Å². The first kappa shape index (κ1) is 20.7. The highest BCUT2D eigenvalue weighted by atomic mass is 35.5. The lowest BCUT2D eigenvalue weighted by molar-refractivity contribution is -0.148. The van der Waals surface area contributed by atoms with Crippen LogP contribution in [0.5, 0.6) is 0 Å². The Morgan fingerprint density at radius 3 is 2.81 bits per heavy atom. The number of fused-ring (bicyclic) bond motifs is 1. The number of alkyl halides is 1. The Morgan fingerprint density at radius 2 is 2.11 bits per heavy atom. The van der Waals surface area contributed by atoms with Crippen molar-refractivity contribution in [3.8, 4) is 6.07 Å². The van der Waals surface area contributed by atoms with Crippen LogP contribution < -0.4 is 0 Å². The molecule has 1 fully saturated rings. The molecular weight excluding hydrogens is 402 g/mol. The molecule has 1 aromatic heterocycles. The van der Waals surface area contributed by atoms with Gasteiger partial charge in [-0.15, -0.1) is 34.7 Å². The van der Waals surface area contributed by atoms with E-state index in [2.05, 4.69) is 19.9 Å². The van der Waals surface area contributed by atoms with E-state index < -0.39 is 0 Å². The number of carbonyl (C=O) groups excluding carboxylic acids is 2. The third kappa shape index (κ3) is 4.70. The number of ketones is 1. The highest BCUT2D eigenvalue weighted by molar-refractivity contribution is 8.01. The maximum absolute atomic E-state index is 12.6. The van der Waals surface area contributed by atoms with Crippen molar-refractivity contribution in [1.82, 2.24) is 0 Å². The van der Waals surface area contributed by atoms with Gasteiger partial charge in [-0.3, -0.25) is 9.59 Å². The largest absolute Gasteiger partial charge is 0.465 e. The molecule has 1 saturated carbocycles. The molecule has 2 aliphatic rings. The predicted octanol–water partition coefficient (Wildman–Crippen LogP) is 5.21. The van der Waals surface area contributed by atoms with Crippen molar-refractivity contribution in [2.75, 3.05) is 12.4 Å². The Bertz CT molecular complexity index is 781. The Labute approximate surface area is 173 Å². The van der Waals surface area contributed by atoms with Crippen molar-refractivity contribution in [2.45, 2.75) is 62.0 Å². The van der Waals surface area contributed by atoms with Gasteiger partial charge in [-0.1, -0.05) is 26.7 Å². The number of nitriles is 1. The molecule has 2 aliphatic carbocycles. The molecule has 4 nitrogen and oxygen atoms in total. The fourth-order valence-corrected chi connectivity index (χ4v) is 6.60. The van der Waals surface area contributed by atoms with Crippen molar-refractivity contribution >= 4 is 46.5 Å². The molecular formula is C20H24ClNO3S2. The van der Waals surface area contributed by atoms with Gasteiger partial charge in [0.05, 0.1) is 10.1 Å². The lowest BCUT2D eigenvalue weighted by Crippen LogP contribution is -2.29. The first-order chi connectivity index (χ1) is 12.8. The van der Waals surface area contributed by atoms with Crippen LogP contribution in [0.25, 0.3) is 0 Å². The molecule has 0 aromatic carbocycles. The number of thioether (sulfide) groups is 1. The van der Waals surface area contributed by atoms with Crippen LogP contribution in [-0.4, -0.2) is 29.5 Å². The zero-order chi connectivity index (χ0) is 19.6. The molecule has 3 rings (SSSR count). The van der Waals surface area contributed by atoms with E-state index in [1.54, 1.807) is 0 Å². The second-order valence-corrected chi connectivity index (χ2v) is 11.0. The summed E-state index contributed by atoms with van der Waals surface area (Å²) in [6.07, 6.45) is 5.02. The number of hydrogen-bond acceptors (Lipinski definition) is 6. The topological polar surface area (TPSA) is 67.2 Å². The highest BCUT2D eigenvalue weighted by Crippen LogP contribution is 2.44. The van der Waals surface area contributed by atoms with Gasteiger partial charge < -0.3 is 4.74 Å². The third-order valence-electron chi connectivity index (χ3n) is 5.19. The van der Waals surface area contributed by atoms with Gasteiger partial charge in [-0.2, -0.15) is 5.26 Å². The van der Waals surface area contributed by atoms with Crippen LogP contribution in [0.3, 0.4) is 0 Å². The number of nitrogens with zero attached hydrogens (tertiary/aromatic N) is 1. The lowest BCUT2D eigenvalue weighted by atomic mass is 9.74. The molecule has 2 atom stereocenters. The average Bonchev–Trinajstić information content (AvgIpc) is 2.95. The smallest absolute Gasteiger partial charge is 0.310 e. The minimum Gasteiger partial charge on any atom is -0.465 e. The molecule has 146 valence electrons. The highest BCUT2D eigenvalue weighted by Gasteiger charge is 2.36. The maximum Gasteiger partial charge on any atom is 0.310 e. The number of halogens is 1. The summed E-state index contributed by atoms with van der Waals surface area (Å²) in [6.45, 7) is 4.42. The number of hydrogen-bond donors (Lipinski definition) is 0. The molecule has 0 bridgehead atoms. The van der Waals surface area contributed by atoms with E-state index in [0.717, 1.165) is 47.4 Å². The molecule has 0 radical (unpaired) electrons. The van der Waals surface area contributed by atoms with E-state index in [1.807, 2.05) is 0 Å². The second-order valence-electron chi connectivity index (χ2n) is 8.05. The van der Waals surface area contributed by atoms with E-state index in [4.69, 9.17) is 16.3 Å². The summed E-state index contributed by atoms with van der Waals surface area (Å²) < 4.78 is 6.30. The molecule has 0 spiro atoms. The minimum absolute atomic E-state index is 0.105. The van der Waals surface area contributed by atoms with Gasteiger partial charge in [0.2, 0.25) is 0 Å². The van der Waals surface area contributed by atoms with Gasteiger partial charge in [0.25, 0.3) is 0 Å². The number of carbonyl (C=O) groups is 2. The summed E-state index contributed by atoms with van der Waals surface area (Å²) >= 11 is 9.14. The summed E-state index contributed by atoms with van der Waals surface area (Å²) in [7, 11) is 0. The van der Waals surface area contributed by atoms with Gasteiger partial charge in [0.1, 0.15) is 17.6 Å². The molecule has 1 aromatic rings. The van der Waals surface area contributed by atoms with Crippen LogP contribution in [0.2, 0.25) is 0 Å². The van der Waals surface area contributed by atoms with Crippen molar-refractivity contribution < 1.29 is 14.3 Å². The van der Waals surface area contributed by atoms with Crippen LogP contribution in [0.15, 0.2) is 4.21 Å². The Morgan fingerprint density at radius 1 is 1.37 bits per heavy atom. The molecule has 0 amide bonds. The number of rotatable bonds is 5. The van der Waals surface area contributed by atoms with Gasteiger partial charge >= 0.3 is 5.97 Å². The zero-order valence-corrected chi connectivity index (χ0v) is 18.1. The van der Waals surface area contributed by atoms with Crippen molar-refractivity contribution in [1.29, 1.82) is 5.26 Å². The molecule has 0 N–H and O–H groups in total. The first-order valence-corrected chi connectivity index (χ1v) is 11.6. The average molecular weight is 426 g/mol.